The molecule has 0 radical (unpaired) electrons. The van der Waals surface area contributed by atoms with Crippen LogP contribution in [0, 0.1) is 11.3 Å². The molecule has 0 saturated heterocycles. The number of benzene rings is 1. The highest BCUT2D eigenvalue weighted by atomic mass is 16.5. The highest BCUT2D eigenvalue weighted by Gasteiger charge is 2.28. The first-order valence-corrected chi connectivity index (χ1v) is 7.53. The highest BCUT2D eigenvalue weighted by molar-refractivity contribution is 5.62. The maximum absolute atomic E-state index is 8.86. The molecule has 118 valence electrons. The normalized spacial score (nSPS) is 15.9. The molecule has 0 fully saturated rings. The van der Waals surface area contributed by atoms with Gasteiger partial charge >= 0.3 is 0 Å². The average Bonchev–Trinajstić information content (AvgIpc) is 3.00. The predicted molar refractivity (Wildman–Crippen MR) is 85.4 cm³/mol. The molecule has 2 aromatic rings. The van der Waals surface area contributed by atoms with Crippen molar-refractivity contribution in [2.75, 3.05) is 25.6 Å². The Morgan fingerprint density at radius 1 is 1.26 bits per heavy atom. The Morgan fingerprint density at radius 3 is 2.83 bits per heavy atom. The van der Waals surface area contributed by atoms with Gasteiger partial charge in [0.1, 0.15) is 12.1 Å². The van der Waals surface area contributed by atoms with Crippen molar-refractivity contribution in [1.29, 1.82) is 5.26 Å². The van der Waals surface area contributed by atoms with Crippen molar-refractivity contribution in [3.63, 3.8) is 0 Å². The van der Waals surface area contributed by atoms with E-state index in [1.807, 2.05) is 12.1 Å². The van der Waals surface area contributed by atoms with Gasteiger partial charge in [0.15, 0.2) is 0 Å². The zero-order valence-electron chi connectivity index (χ0n) is 13.0. The molecule has 1 aliphatic carbocycles. The number of hydrogen-bond donors (Lipinski definition) is 1. The molecule has 0 bridgehead atoms. The van der Waals surface area contributed by atoms with Crippen molar-refractivity contribution in [3.05, 3.63) is 47.4 Å². The first-order valence-electron chi connectivity index (χ1n) is 7.53. The van der Waals surface area contributed by atoms with E-state index in [4.69, 9.17) is 14.7 Å². The number of anilines is 2. The Hall–Kier alpha value is -2.49. The fourth-order valence-electron chi connectivity index (χ4n) is 2.69. The average molecular weight is 310 g/mol. The molecule has 1 aromatic heterocycles. The van der Waals surface area contributed by atoms with Gasteiger partial charge in [-0.05, 0) is 37.1 Å². The minimum Gasteiger partial charge on any atom is -0.382 e. The van der Waals surface area contributed by atoms with Crippen LogP contribution in [0.15, 0.2) is 30.6 Å². The number of methoxy groups -OCH3 is 1. The summed E-state index contributed by atoms with van der Waals surface area (Å²) in [5.74, 6) is 0.764. The largest absolute Gasteiger partial charge is 0.382 e. The summed E-state index contributed by atoms with van der Waals surface area (Å²) in [6.45, 7) is 1.11. The number of nitrogens with one attached hydrogen (secondary N) is 1. The van der Waals surface area contributed by atoms with Crippen LogP contribution in [0.2, 0.25) is 0 Å². The first-order chi connectivity index (χ1) is 11.3. The third-order valence-electron chi connectivity index (χ3n) is 3.81. The smallest absolute Gasteiger partial charge is 0.139 e. The molecule has 1 atom stereocenters. The third kappa shape index (κ3) is 3.47. The Kier molecular flexibility index (Phi) is 4.81. The van der Waals surface area contributed by atoms with Crippen LogP contribution in [-0.2, 0) is 15.9 Å². The van der Waals surface area contributed by atoms with Crippen molar-refractivity contribution < 1.29 is 9.47 Å². The quantitative estimate of drug-likeness (QED) is 0.826. The van der Waals surface area contributed by atoms with Crippen LogP contribution < -0.4 is 5.32 Å². The molecule has 3 rings (SSSR count). The van der Waals surface area contributed by atoms with E-state index in [1.54, 1.807) is 25.6 Å². The van der Waals surface area contributed by atoms with Gasteiger partial charge in [-0.25, -0.2) is 9.97 Å². The highest BCUT2D eigenvalue weighted by Crippen LogP contribution is 2.37. The van der Waals surface area contributed by atoms with E-state index in [9.17, 15) is 0 Å². The minimum atomic E-state index is -0.0118. The lowest BCUT2D eigenvalue weighted by Gasteiger charge is -2.16. The number of fused-ring (bicyclic) bond motifs is 1. The van der Waals surface area contributed by atoms with Gasteiger partial charge in [-0.3, -0.25) is 0 Å². The fourth-order valence-corrected chi connectivity index (χ4v) is 2.69. The fraction of sp³-hybridized carbons (Fsp3) is 0.353. The van der Waals surface area contributed by atoms with Crippen LogP contribution in [0.4, 0.5) is 11.5 Å². The van der Waals surface area contributed by atoms with E-state index in [-0.39, 0.29) is 6.10 Å². The summed E-state index contributed by atoms with van der Waals surface area (Å²) in [6.07, 6.45) is 3.35. The molecule has 23 heavy (non-hydrogen) atoms. The second kappa shape index (κ2) is 7.18. The zero-order chi connectivity index (χ0) is 16.1. The molecule has 0 aliphatic heterocycles. The van der Waals surface area contributed by atoms with E-state index >= 15 is 0 Å². The number of nitrogens with zero attached hydrogens (tertiary/aromatic N) is 3. The van der Waals surface area contributed by atoms with Gasteiger partial charge < -0.3 is 14.8 Å². The standard InChI is InChI=1S/C17H18N4O2/c1-22-8-9-23-15-7-6-14-16(15)17(20-11-19-14)21-13-4-2-12(10-18)3-5-13/h2-5,11,15H,6-9H2,1H3,(H,19,20,21). The van der Waals surface area contributed by atoms with Gasteiger partial charge in [0.2, 0.25) is 0 Å². The van der Waals surface area contributed by atoms with Crippen LogP contribution in [0.5, 0.6) is 0 Å². The van der Waals surface area contributed by atoms with Crippen LogP contribution in [-0.4, -0.2) is 30.3 Å². The number of aromatic nitrogens is 2. The minimum absolute atomic E-state index is 0.0118. The number of rotatable bonds is 6. The van der Waals surface area contributed by atoms with E-state index < -0.39 is 0 Å². The van der Waals surface area contributed by atoms with Crippen LogP contribution in [0.3, 0.4) is 0 Å². The van der Waals surface area contributed by atoms with E-state index in [0.29, 0.717) is 18.8 Å². The lowest BCUT2D eigenvalue weighted by molar-refractivity contribution is 0.0175. The van der Waals surface area contributed by atoms with Crippen molar-refractivity contribution in [1.82, 2.24) is 9.97 Å². The molecule has 1 aromatic carbocycles. The summed E-state index contributed by atoms with van der Waals surface area (Å²) >= 11 is 0. The Bertz CT molecular complexity index is 710. The lowest BCUT2D eigenvalue weighted by Crippen LogP contribution is -2.09. The molecule has 0 spiro atoms. The number of aryl methyl sites for hydroxylation is 1. The van der Waals surface area contributed by atoms with E-state index in [1.165, 1.54) is 0 Å². The van der Waals surface area contributed by atoms with Crippen molar-refractivity contribution >= 4 is 11.5 Å². The number of ether oxygens (including phenoxy) is 2. The van der Waals surface area contributed by atoms with Gasteiger partial charge in [-0.15, -0.1) is 0 Å². The summed E-state index contributed by atoms with van der Waals surface area (Å²) in [5, 5.41) is 12.2. The topological polar surface area (TPSA) is 80.1 Å². The van der Waals surface area contributed by atoms with E-state index in [2.05, 4.69) is 21.4 Å². The van der Waals surface area contributed by atoms with Crippen LogP contribution in [0.1, 0.15) is 29.3 Å². The second-order valence-electron chi connectivity index (χ2n) is 5.29. The Morgan fingerprint density at radius 2 is 2.09 bits per heavy atom. The predicted octanol–water partition coefficient (Wildman–Crippen LogP) is 2.74. The molecule has 1 heterocycles. The van der Waals surface area contributed by atoms with Gasteiger partial charge in [0, 0.05) is 18.4 Å². The zero-order valence-corrected chi connectivity index (χ0v) is 13.0. The third-order valence-corrected chi connectivity index (χ3v) is 3.81. The van der Waals surface area contributed by atoms with Gasteiger partial charge in [0.05, 0.1) is 36.6 Å². The van der Waals surface area contributed by atoms with Crippen LogP contribution in [0.25, 0.3) is 0 Å². The maximum Gasteiger partial charge on any atom is 0.139 e. The summed E-state index contributed by atoms with van der Waals surface area (Å²) < 4.78 is 10.9. The molecule has 1 unspecified atom stereocenters. The first kappa shape index (κ1) is 15.4. The van der Waals surface area contributed by atoms with Gasteiger partial charge in [0.25, 0.3) is 0 Å². The molecular formula is C17H18N4O2. The molecule has 0 saturated carbocycles. The SMILES string of the molecule is COCCOC1CCc2ncnc(Nc3ccc(C#N)cc3)c21. The summed E-state index contributed by atoms with van der Waals surface area (Å²) in [7, 11) is 1.66. The Labute approximate surface area is 135 Å². The molecule has 1 aliphatic rings. The molecule has 0 amide bonds. The number of hydrogen-bond acceptors (Lipinski definition) is 6. The van der Waals surface area contributed by atoms with Crippen molar-refractivity contribution in [2.24, 2.45) is 0 Å². The molecular weight excluding hydrogens is 292 g/mol. The molecule has 1 N–H and O–H groups in total. The second-order valence-corrected chi connectivity index (χ2v) is 5.29. The molecule has 6 nitrogen and oxygen atoms in total. The van der Waals surface area contributed by atoms with Crippen molar-refractivity contribution in [2.45, 2.75) is 18.9 Å². The number of nitriles is 1. The Balaban J connectivity index is 1.80. The van der Waals surface area contributed by atoms with Crippen LogP contribution >= 0.6 is 0 Å². The van der Waals surface area contributed by atoms with Gasteiger partial charge in [-0.1, -0.05) is 0 Å². The summed E-state index contributed by atoms with van der Waals surface area (Å²) in [6, 6.07) is 9.39. The van der Waals surface area contributed by atoms with Gasteiger partial charge in [-0.2, -0.15) is 5.26 Å². The molecule has 6 heteroatoms. The monoisotopic (exact) mass is 310 g/mol. The summed E-state index contributed by atoms with van der Waals surface area (Å²) in [4.78, 5) is 8.73. The van der Waals surface area contributed by atoms with Crippen molar-refractivity contribution in [3.8, 4) is 6.07 Å². The lowest BCUT2D eigenvalue weighted by atomic mass is 10.2. The van der Waals surface area contributed by atoms with E-state index in [0.717, 1.165) is 35.6 Å². The summed E-state index contributed by atoms with van der Waals surface area (Å²) in [5.41, 5.74) is 3.56. The maximum atomic E-state index is 8.86.